The molecule has 80 valence electrons. The van der Waals surface area contributed by atoms with Gasteiger partial charge in [-0.2, -0.15) is 0 Å². The maximum Gasteiger partial charge on any atom is 0.255 e. The third kappa shape index (κ3) is 2.49. The third-order valence-corrected chi connectivity index (χ3v) is 2.06. The lowest BCUT2D eigenvalue weighted by Gasteiger charge is -2.14. The van der Waals surface area contributed by atoms with Crippen LogP contribution in [0.2, 0.25) is 0 Å². The van der Waals surface area contributed by atoms with Gasteiger partial charge in [0.15, 0.2) is 0 Å². The molecule has 1 atom stereocenters. The van der Waals surface area contributed by atoms with Crippen molar-refractivity contribution in [2.45, 2.75) is 32.4 Å². The molecule has 0 bridgehead atoms. The van der Waals surface area contributed by atoms with Crippen LogP contribution in [0, 0.1) is 0 Å². The molecule has 0 radical (unpaired) electrons. The lowest BCUT2D eigenvalue weighted by Crippen LogP contribution is -2.42. The van der Waals surface area contributed by atoms with E-state index in [1.807, 2.05) is 11.5 Å². The van der Waals surface area contributed by atoms with Crippen molar-refractivity contribution in [3.05, 3.63) is 18.2 Å². The van der Waals surface area contributed by atoms with E-state index in [0.717, 1.165) is 6.54 Å². The Hall–Kier alpha value is -1.01. The highest BCUT2D eigenvalue weighted by molar-refractivity contribution is 4.95. The summed E-state index contributed by atoms with van der Waals surface area (Å²) in [5, 5.41) is 0. The Bertz CT molecular complexity index is 274. The smallest absolute Gasteiger partial charge is 0.255 e. The van der Waals surface area contributed by atoms with Gasteiger partial charge < -0.3 is 4.57 Å². The van der Waals surface area contributed by atoms with Crippen LogP contribution in [-0.2, 0) is 13.0 Å². The predicted molar refractivity (Wildman–Crippen MR) is 48.7 cm³/mol. The fourth-order valence-electron chi connectivity index (χ4n) is 1.24. The molecule has 0 saturated heterocycles. The number of aromatic nitrogens is 2. The van der Waals surface area contributed by atoms with Crippen molar-refractivity contribution in [3.63, 3.8) is 0 Å². The normalized spacial score (nSPS) is 13.5. The molecule has 0 aliphatic heterocycles. The van der Waals surface area contributed by atoms with Crippen molar-refractivity contribution in [1.82, 2.24) is 15.0 Å². The number of aryl methyl sites for hydroxylation is 1. The molecule has 0 fully saturated rings. The molecule has 4 nitrogen and oxygen atoms in total. The Labute approximate surface area is 81.1 Å². The number of imidazole rings is 1. The molecule has 0 saturated carbocycles. The summed E-state index contributed by atoms with van der Waals surface area (Å²) in [6.07, 6.45) is 1.00. The van der Waals surface area contributed by atoms with Crippen LogP contribution >= 0.6 is 0 Å². The average Bonchev–Trinajstić information content (AvgIpc) is 2.60. The van der Waals surface area contributed by atoms with Crippen LogP contribution in [-0.4, -0.2) is 22.0 Å². The quantitative estimate of drug-likeness (QED) is 0.543. The summed E-state index contributed by atoms with van der Waals surface area (Å²) in [6, 6.07) is -1.04. The van der Waals surface area contributed by atoms with Crippen molar-refractivity contribution in [3.8, 4) is 0 Å². The number of hydrazine groups is 1. The van der Waals surface area contributed by atoms with E-state index >= 15 is 0 Å². The largest absolute Gasteiger partial charge is 0.335 e. The van der Waals surface area contributed by atoms with Crippen molar-refractivity contribution in [1.29, 1.82) is 0 Å². The van der Waals surface area contributed by atoms with Gasteiger partial charge in [0.05, 0.1) is 6.04 Å². The van der Waals surface area contributed by atoms with Crippen LogP contribution < -0.4 is 11.3 Å². The van der Waals surface area contributed by atoms with Gasteiger partial charge in [-0.05, 0) is 6.92 Å². The molecule has 3 N–H and O–H groups in total. The fourth-order valence-corrected chi connectivity index (χ4v) is 1.24. The van der Waals surface area contributed by atoms with Gasteiger partial charge in [0, 0.05) is 25.4 Å². The van der Waals surface area contributed by atoms with Crippen molar-refractivity contribution in [2.75, 3.05) is 0 Å². The second-order valence-electron chi connectivity index (χ2n) is 2.94. The van der Waals surface area contributed by atoms with Crippen LogP contribution in [0.25, 0.3) is 0 Å². The lowest BCUT2D eigenvalue weighted by molar-refractivity contribution is 0.0971. The molecule has 1 unspecified atom stereocenters. The monoisotopic (exact) mass is 204 g/mol. The minimum absolute atomic E-state index is 0.134. The van der Waals surface area contributed by atoms with Crippen molar-refractivity contribution < 1.29 is 8.78 Å². The summed E-state index contributed by atoms with van der Waals surface area (Å²) in [6.45, 7) is 2.65. The minimum atomic E-state index is -2.48. The average molecular weight is 204 g/mol. The number of nitrogens with zero attached hydrogens (tertiary/aromatic N) is 2. The molecular weight excluding hydrogens is 190 g/mol. The van der Waals surface area contributed by atoms with E-state index in [0.29, 0.717) is 5.82 Å². The molecule has 1 heterocycles. The maximum atomic E-state index is 12.3. The van der Waals surface area contributed by atoms with Gasteiger partial charge in [0.1, 0.15) is 5.82 Å². The Morgan fingerprint density at radius 3 is 2.86 bits per heavy atom. The molecule has 1 aromatic heterocycles. The zero-order valence-electron chi connectivity index (χ0n) is 7.95. The van der Waals surface area contributed by atoms with Gasteiger partial charge in [-0.25, -0.2) is 13.8 Å². The van der Waals surface area contributed by atoms with E-state index in [-0.39, 0.29) is 6.42 Å². The van der Waals surface area contributed by atoms with E-state index in [2.05, 4.69) is 10.4 Å². The Balaban J connectivity index is 2.66. The van der Waals surface area contributed by atoms with Crippen LogP contribution in [0.4, 0.5) is 8.78 Å². The molecule has 0 aromatic carbocycles. The fraction of sp³-hybridized carbons (Fsp3) is 0.625. The van der Waals surface area contributed by atoms with Crippen LogP contribution in [0.5, 0.6) is 0 Å². The first-order valence-corrected chi connectivity index (χ1v) is 4.43. The number of hydrogen-bond acceptors (Lipinski definition) is 3. The molecular formula is C8H14F2N4. The van der Waals surface area contributed by atoms with E-state index in [1.165, 1.54) is 0 Å². The predicted octanol–water partition coefficient (Wildman–Crippen LogP) is 0.542. The van der Waals surface area contributed by atoms with E-state index in [4.69, 9.17) is 5.84 Å². The van der Waals surface area contributed by atoms with E-state index in [9.17, 15) is 8.78 Å². The summed E-state index contributed by atoms with van der Waals surface area (Å²) in [5.74, 6) is 5.64. The zero-order valence-corrected chi connectivity index (χ0v) is 7.95. The summed E-state index contributed by atoms with van der Waals surface area (Å²) in [4.78, 5) is 3.99. The molecule has 1 rings (SSSR count). The summed E-state index contributed by atoms with van der Waals surface area (Å²) in [5.41, 5.74) is 2.09. The number of halogens is 2. The Morgan fingerprint density at radius 1 is 1.64 bits per heavy atom. The second kappa shape index (κ2) is 5.02. The van der Waals surface area contributed by atoms with Gasteiger partial charge in [0.2, 0.25) is 0 Å². The lowest BCUT2D eigenvalue weighted by atomic mass is 10.2. The van der Waals surface area contributed by atoms with Crippen molar-refractivity contribution >= 4 is 0 Å². The van der Waals surface area contributed by atoms with Crippen LogP contribution in [0.3, 0.4) is 0 Å². The molecule has 14 heavy (non-hydrogen) atoms. The van der Waals surface area contributed by atoms with Gasteiger partial charge >= 0.3 is 0 Å². The van der Waals surface area contributed by atoms with Crippen LogP contribution in [0.15, 0.2) is 12.4 Å². The number of nitrogens with two attached hydrogens (primary N) is 1. The minimum Gasteiger partial charge on any atom is -0.335 e. The molecule has 6 heteroatoms. The number of hydrogen-bond donors (Lipinski definition) is 2. The Morgan fingerprint density at radius 2 is 2.36 bits per heavy atom. The van der Waals surface area contributed by atoms with Gasteiger partial charge in [0.25, 0.3) is 6.43 Å². The molecule has 0 aliphatic rings. The highest BCUT2D eigenvalue weighted by Gasteiger charge is 2.20. The number of rotatable bonds is 5. The molecule has 0 spiro atoms. The van der Waals surface area contributed by atoms with Gasteiger partial charge in [-0.15, -0.1) is 0 Å². The first-order chi connectivity index (χ1) is 6.69. The standard InChI is InChI=1S/C8H14F2N4/c1-2-14-4-3-12-7(14)5-6(13-11)8(9)10/h3-4,6,8,13H,2,5,11H2,1H3. The Kier molecular flexibility index (Phi) is 3.97. The molecule has 0 aliphatic carbocycles. The maximum absolute atomic E-state index is 12.3. The zero-order chi connectivity index (χ0) is 10.6. The SMILES string of the molecule is CCn1ccnc1CC(NN)C(F)F. The molecule has 0 amide bonds. The highest BCUT2D eigenvalue weighted by Crippen LogP contribution is 2.07. The van der Waals surface area contributed by atoms with E-state index < -0.39 is 12.5 Å². The first kappa shape index (κ1) is 11.1. The third-order valence-electron chi connectivity index (χ3n) is 2.06. The summed E-state index contributed by atoms with van der Waals surface area (Å²) in [7, 11) is 0. The topological polar surface area (TPSA) is 55.9 Å². The van der Waals surface area contributed by atoms with Crippen molar-refractivity contribution in [2.24, 2.45) is 5.84 Å². The highest BCUT2D eigenvalue weighted by atomic mass is 19.3. The van der Waals surface area contributed by atoms with Crippen LogP contribution in [0.1, 0.15) is 12.7 Å². The number of alkyl halides is 2. The molecule has 1 aromatic rings. The first-order valence-electron chi connectivity index (χ1n) is 4.43. The summed E-state index contributed by atoms with van der Waals surface area (Å²) < 4.78 is 26.5. The number of nitrogens with one attached hydrogen (secondary N) is 1. The van der Waals surface area contributed by atoms with E-state index in [1.54, 1.807) is 12.4 Å². The van der Waals surface area contributed by atoms with Gasteiger partial charge in [-0.1, -0.05) is 0 Å². The summed E-state index contributed by atoms with van der Waals surface area (Å²) >= 11 is 0. The van der Waals surface area contributed by atoms with Gasteiger partial charge in [-0.3, -0.25) is 11.3 Å². The second-order valence-corrected chi connectivity index (χ2v) is 2.94.